The Hall–Kier alpha value is -1.03. The lowest BCUT2D eigenvalue weighted by Crippen LogP contribution is -2.07. The van der Waals surface area contributed by atoms with Gasteiger partial charge in [-0.25, -0.2) is 0 Å². The van der Waals surface area contributed by atoms with Crippen LogP contribution in [0.1, 0.15) is 24.0 Å². The van der Waals surface area contributed by atoms with Crippen molar-refractivity contribution in [2.75, 3.05) is 0 Å². The van der Waals surface area contributed by atoms with Crippen molar-refractivity contribution < 1.29 is 15.0 Å². The van der Waals surface area contributed by atoms with Crippen LogP contribution >= 0.6 is 15.9 Å². The molecule has 0 aliphatic rings. The molecule has 1 aromatic carbocycles. The second-order valence-electron chi connectivity index (χ2n) is 3.23. The molecule has 2 N–H and O–H groups in total. The summed E-state index contributed by atoms with van der Waals surface area (Å²) < 4.78 is 0.528. The number of aryl methyl sites for hydroxylation is 1. The Labute approximate surface area is 90.5 Å². The van der Waals surface area contributed by atoms with E-state index in [2.05, 4.69) is 15.9 Å². The number of carbonyl (C=O) groups is 1. The number of benzene rings is 1. The number of carboxylic acids is 1. The van der Waals surface area contributed by atoms with E-state index in [1.807, 2.05) is 0 Å². The van der Waals surface area contributed by atoms with Crippen LogP contribution in [0.5, 0.6) is 5.75 Å². The zero-order valence-electron chi connectivity index (χ0n) is 7.91. The molecule has 0 saturated heterocycles. The van der Waals surface area contributed by atoms with E-state index in [4.69, 9.17) is 5.11 Å². The van der Waals surface area contributed by atoms with Crippen molar-refractivity contribution >= 4 is 21.9 Å². The van der Waals surface area contributed by atoms with E-state index in [-0.39, 0.29) is 5.75 Å². The number of hydrogen-bond acceptors (Lipinski definition) is 2. The first-order valence-electron chi connectivity index (χ1n) is 4.15. The third kappa shape index (κ3) is 2.07. The lowest BCUT2D eigenvalue weighted by Gasteiger charge is -2.10. The fourth-order valence-electron chi connectivity index (χ4n) is 1.16. The standard InChI is InChI=1S/C10H11BrO3/c1-5-3-7(6(2)10(13)14)4-8(11)9(5)12/h3-4,6,12H,1-2H3,(H,13,14). The number of aliphatic carboxylic acids is 1. The Bertz CT molecular complexity index is 351. The van der Waals surface area contributed by atoms with Gasteiger partial charge in [-0.15, -0.1) is 0 Å². The molecule has 76 valence electrons. The second-order valence-corrected chi connectivity index (χ2v) is 4.08. The molecular weight excluding hydrogens is 248 g/mol. The van der Waals surface area contributed by atoms with Gasteiger partial charge in [-0.05, 0) is 47.0 Å². The lowest BCUT2D eigenvalue weighted by atomic mass is 9.99. The Morgan fingerprint density at radius 3 is 2.50 bits per heavy atom. The summed E-state index contributed by atoms with van der Waals surface area (Å²) >= 11 is 3.17. The van der Waals surface area contributed by atoms with Gasteiger partial charge in [0.1, 0.15) is 5.75 Å². The third-order valence-corrected chi connectivity index (χ3v) is 2.75. The first-order valence-corrected chi connectivity index (χ1v) is 4.94. The van der Waals surface area contributed by atoms with Crippen LogP contribution in [-0.4, -0.2) is 16.2 Å². The number of rotatable bonds is 2. The molecule has 0 aromatic heterocycles. The number of aromatic hydroxyl groups is 1. The van der Waals surface area contributed by atoms with E-state index in [1.165, 1.54) is 0 Å². The highest BCUT2D eigenvalue weighted by molar-refractivity contribution is 9.10. The molecule has 0 aliphatic heterocycles. The smallest absolute Gasteiger partial charge is 0.310 e. The summed E-state index contributed by atoms with van der Waals surface area (Å²) in [7, 11) is 0. The van der Waals surface area contributed by atoms with Crippen molar-refractivity contribution in [3.8, 4) is 5.75 Å². The van der Waals surface area contributed by atoms with Gasteiger partial charge in [0, 0.05) is 0 Å². The molecule has 0 radical (unpaired) electrons. The van der Waals surface area contributed by atoms with Crippen LogP contribution in [0, 0.1) is 6.92 Å². The SMILES string of the molecule is Cc1cc(C(C)C(=O)O)cc(Br)c1O. The molecule has 0 aliphatic carbocycles. The largest absolute Gasteiger partial charge is 0.506 e. The van der Waals surface area contributed by atoms with Crippen LogP contribution in [0.2, 0.25) is 0 Å². The van der Waals surface area contributed by atoms with Gasteiger partial charge in [0.05, 0.1) is 10.4 Å². The average molecular weight is 259 g/mol. The highest BCUT2D eigenvalue weighted by Crippen LogP contribution is 2.31. The van der Waals surface area contributed by atoms with Gasteiger partial charge in [-0.1, -0.05) is 6.07 Å². The van der Waals surface area contributed by atoms with Crippen molar-refractivity contribution in [3.63, 3.8) is 0 Å². The lowest BCUT2D eigenvalue weighted by molar-refractivity contribution is -0.138. The van der Waals surface area contributed by atoms with E-state index >= 15 is 0 Å². The Kier molecular flexibility index (Phi) is 3.16. The van der Waals surface area contributed by atoms with Crippen LogP contribution in [-0.2, 0) is 4.79 Å². The maximum Gasteiger partial charge on any atom is 0.310 e. The third-order valence-electron chi connectivity index (χ3n) is 2.15. The molecule has 0 amide bonds. The highest BCUT2D eigenvalue weighted by atomic mass is 79.9. The van der Waals surface area contributed by atoms with E-state index in [0.29, 0.717) is 15.6 Å². The molecule has 3 nitrogen and oxygen atoms in total. The minimum atomic E-state index is -0.873. The van der Waals surface area contributed by atoms with Gasteiger partial charge in [0.25, 0.3) is 0 Å². The molecule has 1 aromatic rings. The summed E-state index contributed by atoms with van der Waals surface area (Å²) in [5, 5.41) is 18.3. The molecule has 0 saturated carbocycles. The molecule has 0 bridgehead atoms. The van der Waals surface area contributed by atoms with Gasteiger partial charge in [-0.2, -0.15) is 0 Å². The number of phenols is 1. The second kappa shape index (κ2) is 4.00. The minimum absolute atomic E-state index is 0.159. The van der Waals surface area contributed by atoms with Crippen molar-refractivity contribution in [1.82, 2.24) is 0 Å². The molecule has 4 heteroatoms. The zero-order valence-corrected chi connectivity index (χ0v) is 9.50. The van der Waals surface area contributed by atoms with E-state index in [0.717, 1.165) is 0 Å². The monoisotopic (exact) mass is 258 g/mol. The topological polar surface area (TPSA) is 57.5 Å². The van der Waals surface area contributed by atoms with Gasteiger partial charge in [0.15, 0.2) is 0 Å². The van der Waals surface area contributed by atoms with Crippen molar-refractivity contribution in [2.24, 2.45) is 0 Å². The summed E-state index contributed by atoms with van der Waals surface area (Å²) in [6, 6.07) is 3.31. The van der Waals surface area contributed by atoms with Crippen molar-refractivity contribution in [2.45, 2.75) is 19.8 Å². The maximum absolute atomic E-state index is 10.7. The van der Waals surface area contributed by atoms with E-state index in [9.17, 15) is 9.90 Å². The molecule has 0 spiro atoms. The first kappa shape index (κ1) is 11.0. The van der Waals surface area contributed by atoms with Crippen molar-refractivity contribution in [3.05, 3.63) is 27.7 Å². The molecule has 1 unspecified atom stereocenters. The Morgan fingerprint density at radius 2 is 2.07 bits per heavy atom. The van der Waals surface area contributed by atoms with E-state index in [1.54, 1.807) is 26.0 Å². The predicted octanol–water partition coefficient (Wildman–Crippen LogP) is 2.65. The number of carboxylic acid groups (broad SMARTS) is 1. The molecule has 14 heavy (non-hydrogen) atoms. The normalized spacial score (nSPS) is 12.5. The summed E-state index contributed by atoms with van der Waals surface area (Å²) in [5.41, 5.74) is 1.35. The summed E-state index contributed by atoms with van der Waals surface area (Å²) in [5.74, 6) is -1.28. The maximum atomic E-state index is 10.7. The van der Waals surface area contributed by atoms with Gasteiger partial charge >= 0.3 is 5.97 Å². The van der Waals surface area contributed by atoms with Gasteiger partial charge in [-0.3, -0.25) is 4.79 Å². The zero-order chi connectivity index (χ0) is 10.9. The van der Waals surface area contributed by atoms with Crippen LogP contribution in [0.4, 0.5) is 0 Å². The van der Waals surface area contributed by atoms with Crippen LogP contribution < -0.4 is 0 Å². The van der Waals surface area contributed by atoms with Crippen LogP contribution in [0.15, 0.2) is 16.6 Å². The molecule has 0 heterocycles. The molecule has 0 fully saturated rings. The van der Waals surface area contributed by atoms with Crippen LogP contribution in [0.25, 0.3) is 0 Å². The summed E-state index contributed by atoms with van der Waals surface area (Å²) in [4.78, 5) is 10.7. The fourth-order valence-corrected chi connectivity index (χ4v) is 1.73. The highest BCUT2D eigenvalue weighted by Gasteiger charge is 2.15. The van der Waals surface area contributed by atoms with Crippen molar-refractivity contribution in [1.29, 1.82) is 0 Å². The number of halogens is 1. The predicted molar refractivity (Wildman–Crippen MR) is 56.6 cm³/mol. The van der Waals surface area contributed by atoms with Gasteiger partial charge < -0.3 is 10.2 Å². The summed E-state index contributed by atoms with van der Waals surface area (Å²) in [6.07, 6.45) is 0. The summed E-state index contributed by atoms with van der Waals surface area (Å²) in [6.45, 7) is 3.35. The van der Waals surface area contributed by atoms with Gasteiger partial charge in [0.2, 0.25) is 0 Å². The molecular formula is C10H11BrO3. The quantitative estimate of drug-likeness (QED) is 0.858. The number of hydrogen-bond donors (Lipinski definition) is 2. The molecule has 1 atom stereocenters. The average Bonchev–Trinajstić information content (AvgIpc) is 2.12. The molecule has 1 rings (SSSR count). The Balaban J connectivity index is 3.19. The fraction of sp³-hybridized carbons (Fsp3) is 0.300. The Morgan fingerprint density at radius 1 is 1.50 bits per heavy atom. The van der Waals surface area contributed by atoms with E-state index < -0.39 is 11.9 Å². The first-order chi connectivity index (χ1) is 6.43. The van der Waals surface area contributed by atoms with Crippen LogP contribution in [0.3, 0.4) is 0 Å². The number of phenolic OH excluding ortho intramolecular Hbond substituents is 1. The minimum Gasteiger partial charge on any atom is -0.506 e.